The molecule has 0 aliphatic carbocycles. The van der Waals surface area contributed by atoms with Gasteiger partial charge in [0.2, 0.25) is 0 Å². The summed E-state index contributed by atoms with van der Waals surface area (Å²) >= 11 is 0. The minimum Gasteiger partial charge on any atom is -0.462 e. The van der Waals surface area contributed by atoms with Crippen LogP contribution in [-0.2, 0) is 28.6 Å². The molecule has 0 radical (unpaired) electrons. The van der Waals surface area contributed by atoms with Crippen molar-refractivity contribution in [2.75, 3.05) is 13.2 Å². The molecular weight excluding hydrogens is 901 g/mol. The van der Waals surface area contributed by atoms with Crippen LogP contribution >= 0.6 is 0 Å². The molecular formula is C67H106O6. The van der Waals surface area contributed by atoms with Gasteiger partial charge in [0.25, 0.3) is 0 Å². The van der Waals surface area contributed by atoms with Crippen LogP contribution in [0.3, 0.4) is 0 Å². The molecule has 0 rings (SSSR count). The molecule has 0 aliphatic rings. The molecule has 0 saturated carbocycles. The van der Waals surface area contributed by atoms with Crippen molar-refractivity contribution in [1.29, 1.82) is 0 Å². The first-order chi connectivity index (χ1) is 36.0. The summed E-state index contributed by atoms with van der Waals surface area (Å²) in [6, 6.07) is 0. The van der Waals surface area contributed by atoms with Crippen molar-refractivity contribution in [2.24, 2.45) is 0 Å². The van der Waals surface area contributed by atoms with E-state index in [0.29, 0.717) is 12.8 Å². The lowest BCUT2D eigenvalue weighted by Gasteiger charge is -2.18. The molecule has 410 valence electrons. The summed E-state index contributed by atoms with van der Waals surface area (Å²) in [6.45, 7) is 6.35. The number of allylic oxidation sites excluding steroid dienone is 24. The van der Waals surface area contributed by atoms with E-state index in [1.165, 1.54) is 96.3 Å². The van der Waals surface area contributed by atoms with Crippen LogP contribution in [0.1, 0.15) is 239 Å². The molecule has 0 fully saturated rings. The highest BCUT2D eigenvalue weighted by Gasteiger charge is 2.19. The van der Waals surface area contributed by atoms with Crippen molar-refractivity contribution in [3.8, 4) is 0 Å². The molecule has 6 nitrogen and oxygen atoms in total. The van der Waals surface area contributed by atoms with Crippen LogP contribution in [0.5, 0.6) is 0 Å². The van der Waals surface area contributed by atoms with Crippen LogP contribution in [0, 0.1) is 0 Å². The van der Waals surface area contributed by atoms with E-state index in [0.717, 1.165) is 89.9 Å². The van der Waals surface area contributed by atoms with Crippen molar-refractivity contribution in [1.82, 2.24) is 0 Å². The summed E-state index contributed by atoms with van der Waals surface area (Å²) in [4.78, 5) is 38.2. The van der Waals surface area contributed by atoms with E-state index in [1.54, 1.807) is 0 Å². The van der Waals surface area contributed by atoms with Gasteiger partial charge >= 0.3 is 17.9 Å². The zero-order valence-corrected chi connectivity index (χ0v) is 46.8. The normalized spacial score (nSPS) is 13.2. The third-order valence-electron chi connectivity index (χ3n) is 11.8. The van der Waals surface area contributed by atoms with E-state index in [-0.39, 0.29) is 50.4 Å². The van der Waals surface area contributed by atoms with Gasteiger partial charge in [-0.3, -0.25) is 14.4 Å². The largest absolute Gasteiger partial charge is 0.462 e. The smallest absolute Gasteiger partial charge is 0.306 e. The van der Waals surface area contributed by atoms with E-state index in [4.69, 9.17) is 14.2 Å². The molecule has 0 aromatic carbocycles. The second-order valence-electron chi connectivity index (χ2n) is 18.8. The summed E-state index contributed by atoms with van der Waals surface area (Å²) in [5.74, 6) is -1.08. The van der Waals surface area contributed by atoms with E-state index in [1.807, 2.05) is 12.2 Å². The van der Waals surface area contributed by atoms with Gasteiger partial charge in [-0.15, -0.1) is 0 Å². The Kier molecular flexibility index (Phi) is 56.0. The Morgan fingerprint density at radius 2 is 0.575 bits per heavy atom. The molecule has 0 heterocycles. The number of carbonyl (C=O) groups is 3. The van der Waals surface area contributed by atoms with E-state index < -0.39 is 6.10 Å². The Morgan fingerprint density at radius 3 is 0.959 bits per heavy atom. The van der Waals surface area contributed by atoms with Gasteiger partial charge < -0.3 is 14.2 Å². The van der Waals surface area contributed by atoms with Gasteiger partial charge in [-0.2, -0.15) is 0 Å². The first-order valence-electron chi connectivity index (χ1n) is 29.3. The van der Waals surface area contributed by atoms with Crippen LogP contribution in [0.2, 0.25) is 0 Å². The van der Waals surface area contributed by atoms with Gasteiger partial charge in [-0.1, -0.05) is 237 Å². The molecule has 0 N–H and O–H groups in total. The lowest BCUT2D eigenvalue weighted by molar-refractivity contribution is -0.166. The van der Waals surface area contributed by atoms with Crippen LogP contribution in [-0.4, -0.2) is 37.2 Å². The standard InChI is InChI=1S/C67H106O6/c1-4-7-10-13-16-19-22-25-28-31-33-36-39-42-45-48-51-54-57-60-66(69)72-63-64(62-71-65(68)59-56-53-50-47-44-41-38-35-30-27-24-21-18-15-12-9-6-3)73-67(70)61-58-55-52-49-46-43-40-37-34-32-29-26-23-20-17-14-11-8-5-2/h7,10,16-21,25-30,33,36,38,41-42,45,47,50-51,54,64H,4-6,8-9,11-15,22-24,31-32,34-35,37,39-40,43-44,46,48-49,52-53,55-63H2,1-3H3/b10-7+,19-16+,20-17+,21-18+,28-25+,29-26+,30-27+,36-33+,41-38+,45-42+,50-47+,54-51+/t64-/m1/s1. The number of hydrogen-bond donors (Lipinski definition) is 0. The Bertz CT molecular complexity index is 1630. The molecule has 6 heteroatoms. The van der Waals surface area contributed by atoms with Crippen LogP contribution < -0.4 is 0 Å². The Labute approximate surface area is 448 Å². The molecule has 0 spiro atoms. The SMILES string of the molecule is CC/C=C/C/C=C/C/C=C/C/C=C/C/C=C/C/C=C/CCC(=O)OC[C@@H](COC(=O)CCC/C=C/C/C=C/C/C=C/C/C=C/CCCCC)OC(=O)CCCCCCCCCCC/C=C/C/C=C/CCCCC. The molecule has 0 saturated heterocycles. The summed E-state index contributed by atoms with van der Waals surface area (Å²) < 4.78 is 16.8. The fourth-order valence-electron chi connectivity index (χ4n) is 7.43. The quantitative estimate of drug-likeness (QED) is 0.0261. The number of unbranched alkanes of at least 4 members (excludes halogenated alkanes) is 16. The predicted octanol–water partition coefficient (Wildman–Crippen LogP) is 20.0. The minimum atomic E-state index is -0.840. The molecule has 0 aromatic heterocycles. The van der Waals surface area contributed by atoms with E-state index in [2.05, 4.69) is 154 Å². The fourth-order valence-corrected chi connectivity index (χ4v) is 7.43. The topological polar surface area (TPSA) is 78.9 Å². The summed E-state index contributed by atoms with van der Waals surface area (Å²) in [6.07, 6.45) is 85.6. The van der Waals surface area contributed by atoms with Gasteiger partial charge in [-0.25, -0.2) is 0 Å². The molecule has 73 heavy (non-hydrogen) atoms. The molecule has 0 bridgehead atoms. The number of hydrogen-bond acceptors (Lipinski definition) is 6. The lowest BCUT2D eigenvalue weighted by Crippen LogP contribution is -2.30. The molecule has 0 aromatic rings. The third kappa shape index (κ3) is 58.1. The van der Waals surface area contributed by atoms with Crippen molar-refractivity contribution >= 4 is 17.9 Å². The highest BCUT2D eigenvalue weighted by molar-refractivity contribution is 5.71. The first kappa shape index (κ1) is 68.3. The highest BCUT2D eigenvalue weighted by Crippen LogP contribution is 2.13. The van der Waals surface area contributed by atoms with Crippen molar-refractivity contribution in [3.05, 3.63) is 146 Å². The molecule has 0 amide bonds. The van der Waals surface area contributed by atoms with Gasteiger partial charge in [0.1, 0.15) is 13.2 Å². The van der Waals surface area contributed by atoms with Gasteiger partial charge in [0.15, 0.2) is 6.10 Å². The van der Waals surface area contributed by atoms with Gasteiger partial charge in [0.05, 0.1) is 0 Å². The Hall–Kier alpha value is -4.71. The summed E-state index contributed by atoms with van der Waals surface area (Å²) in [5, 5.41) is 0. The maximum absolute atomic E-state index is 12.9. The summed E-state index contributed by atoms with van der Waals surface area (Å²) in [7, 11) is 0. The molecule has 1 atom stereocenters. The first-order valence-corrected chi connectivity index (χ1v) is 29.3. The third-order valence-corrected chi connectivity index (χ3v) is 11.8. The average Bonchev–Trinajstić information content (AvgIpc) is 3.39. The predicted molar refractivity (Wildman–Crippen MR) is 315 cm³/mol. The Balaban J connectivity index is 4.61. The van der Waals surface area contributed by atoms with Gasteiger partial charge in [-0.05, 0) is 128 Å². The number of ether oxygens (including phenoxy) is 3. The zero-order chi connectivity index (χ0) is 52.9. The van der Waals surface area contributed by atoms with Crippen LogP contribution in [0.25, 0.3) is 0 Å². The highest BCUT2D eigenvalue weighted by atomic mass is 16.6. The van der Waals surface area contributed by atoms with Crippen molar-refractivity contribution in [3.63, 3.8) is 0 Å². The van der Waals surface area contributed by atoms with E-state index in [9.17, 15) is 14.4 Å². The second-order valence-corrected chi connectivity index (χ2v) is 18.8. The molecule has 0 unspecified atom stereocenters. The zero-order valence-electron chi connectivity index (χ0n) is 46.8. The number of rotatable bonds is 51. The monoisotopic (exact) mass is 1010 g/mol. The van der Waals surface area contributed by atoms with Crippen LogP contribution in [0.4, 0.5) is 0 Å². The second kappa shape index (κ2) is 59.8. The van der Waals surface area contributed by atoms with Crippen LogP contribution in [0.15, 0.2) is 146 Å². The van der Waals surface area contributed by atoms with Crippen molar-refractivity contribution in [2.45, 2.75) is 245 Å². The molecule has 0 aliphatic heterocycles. The number of esters is 3. The van der Waals surface area contributed by atoms with Crippen molar-refractivity contribution < 1.29 is 28.6 Å². The fraction of sp³-hybridized carbons (Fsp3) is 0.597. The Morgan fingerprint density at radius 1 is 0.288 bits per heavy atom. The maximum atomic E-state index is 12.9. The number of carbonyl (C=O) groups excluding carboxylic acids is 3. The maximum Gasteiger partial charge on any atom is 0.306 e. The minimum absolute atomic E-state index is 0.137. The average molecular weight is 1010 g/mol. The lowest BCUT2D eigenvalue weighted by atomic mass is 10.1. The summed E-state index contributed by atoms with van der Waals surface area (Å²) in [5.41, 5.74) is 0. The van der Waals surface area contributed by atoms with E-state index >= 15 is 0 Å². The van der Waals surface area contributed by atoms with Gasteiger partial charge in [0, 0.05) is 19.3 Å².